The molecule has 0 bridgehead atoms. The van der Waals surface area contributed by atoms with Crippen molar-refractivity contribution in [2.75, 3.05) is 0 Å². The maximum absolute atomic E-state index is 9.48. The van der Waals surface area contributed by atoms with Crippen LogP contribution in [0.4, 0.5) is 0 Å². The molecule has 0 radical (unpaired) electrons. The Morgan fingerprint density at radius 1 is 1.20 bits per heavy atom. The van der Waals surface area contributed by atoms with Gasteiger partial charge in [0.05, 0.1) is 6.10 Å². The van der Waals surface area contributed by atoms with Gasteiger partial charge in [-0.25, -0.2) is 0 Å². The summed E-state index contributed by atoms with van der Waals surface area (Å²) in [4.78, 5) is 0. The highest BCUT2D eigenvalue weighted by Crippen LogP contribution is 2.24. The number of rotatable bonds is 3. The Kier molecular flexibility index (Phi) is 3.11. The second kappa shape index (κ2) is 4.36. The Morgan fingerprint density at radius 2 is 1.93 bits per heavy atom. The van der Waals surface area contributed by atoms with Crippen molar-refractivity contribution in [1.29, 1.82) is 0 Å². The molecule has 0 saturated heterocycles. The third-order valence-corrected chi connectivity index (χ3v) is 3.54. The summed E-state index contributed by atoms with van der Waals surface area (Å²) in [6.07, 6.45) is 4.59. The van der Waals surface area contributed by atoms with Crippen LogP contribution >= 0.6 is 0 Å². The van der Waals surface area contributed by atoms with Crippen molar-refractivity contribution < 1.29 is 5.11 Å². The summed E-state index contributed by atoms with van der Waals surface area (Å²) < 4.78 is 0. The van der Waals surface area contributed by atoms with Crippen LogP contribution in [-0.4, -0.2) is 11.2 Å². The van der Waals surface area contributed by atoms with Crippen LogP contribution in [0, 0.1) is 5.92 Å². The number of hydrogen-bond acceptors (Lipinski definition) is 1. The Balaban J connectivity index is 2.10. The number of aliphatic hydroxyl groups is 1. The van der Waals surface area contributed by atoms with Crippen LogP contribution < -0.4 is 0 Å². The fourth-order valence-corrected chi connectivity index (χ4v) is 2.29. The molecule has 1 aliphatic carbocycles. The monoisotopic (exact) mass is 204 g/mol. The van der Waals surface area contributed by atoms with Crippen LogP contribution in [0.3, 0.4) is 0 Å². The van der Waals surface area contributed by atoms with Crippen molar-refractivity contribution in [2.45, 2.75) is 45.6 Å². The molecule has 15 heavy (non-hydrogen) atoms. The zero-order valence-electron chi connectivity index (χ0n) is 9.66. The second-order valence-electron chi connectivity index (χ2n) is 4.88. The average Bonchev–Trinajstić information content (AvgIpc) is 2.64. The molecule has 0 saturated carbocycles. The molecule has 1 aliphatic rings. The van der Waals surface area contributed by atoms with E-state index < -0.39 is 0 Å². The van der Waals surface area contributed by atoms with Crippen LogP contribution in [0.25, 0.3) is 0 Å². The first-order valence-corrected chi connectivity index (χ1v) is 5.95. The van der Waals surface area contributed by atoms with Crippen molar-refractivity contribution in [3.05, 3.63) is 34.9 Å². The number of aliphatic hydroxyl groups excluding tert-OH is 1. The van der Waals surface area contributed by atoms with Crippen molar-refractivity contribution >= 4 is 0 Å². The molecule has 0 aliphatic heterocycles. The van der Waals surface area contributed by atoms with Gasteiger partial charge in [-0.2, -0.15) is 0 Å². The molecule has 1 aromatic rings. The van der Waals surface area contributed by atoms with Gasteiger partial charge in [-0.05, 0) is 55.2 Å². The first kappa shape index (κ1) is 10.7. The maximum atomic E-state index is 9.48. The molecular formula is C14H20O. The SMILES string of the molecule is CC(O)C(C)Cc1ccc2c(c1)CCC2. The number of fused-ring (bicyclic) bond motifs is 1. The summed E-state index contributed by atoms with van der Waals surface area (Å²) in [5, 5.41) is 9.48. The van der Waals surface area contributed by atoms with Gasteiger partial charge in [0.1, 0.15) is 0 Å². The molecule has 1 aromatic carbocycles. The predicted octanol–water partition coefficient (Wildman–Crippen LogP) is 2.73. The van der Waals surface area contributed by atoms with Crippen molar-refractivity contribution in [3.8, 4) is 0 Å². The van der Waals surface area contributed by atoms with Crippen LogP contribution in [0.15, 0.2) is 18.2 Å². The van der Waals surface area contributed by atoms with E-state index in [1.807, 2.05) is 6.92 Å². The zero-order valence-corrected chi connectivity index (χ0v) is 9.66. The van der Waals surface area contributed by atoms with Gasteiger partial charge in [-0.1, -0.05) is 25.1 Å². The van der Waals surface area contributed by atoms with E-state index in [9.17, 15) is 5.11 Å². The predicted molar refractivity (Wildman–Crippen MR) is 63.0 cm³/mol. The fourth-order valence-electron chi connectivity index (χ4n) is 2.29. The minimum absolute atomic E-state index is 0.210. The largest absolute Gasteiger partial charge is 0.393 e. The topological polar surface area (TPSA) is 20.2 Å². The Labute approximate surface area is 92.1 Å². The molecule has 2 unspecified atom stereocenters. The van der Waals surface area contributed by atoms with Gasteiger partial charge in [0.2, 0.25) is 0 Å². The highest BCUT2D eigenvalue weighted by atomic mass is 16.3. The standard InChI is InChI=1S/C14H20O/c1-10(11(2)15)8-12-6-7-13-4-3-5-14(13)9-12/h6-7,9-11,15H,3-5,8H2,1-2H3. The van der Waals surface area contributed by atoms with Gasteiger partial charge in [-0.3, -0.25) is 0 Å². The first-order chi connectivity index (χ1) is 7.16. The van der Waals surface area contributed by atoms with Crippen LogP contribution in [0.1, 0.15) is 37.0 Å². The van der Waals surface area contributed by atoms with Crippen LogP contribution in [0.5, 0.6) is 0 Å². The molecule has 0 fully saturated rings. The van der Waals surface area contributed by atoms with Crippen molar-refractivity contribution in [3.63, 3.8) is 0 Å². The Bertz CT molecular complexity index is 341. The third kappa shape index (κ3) is 2.40. The number of hydrogen-bond donors (Lipinski definition) is 1. The lowest BCUT2D eigenvalue weighted by atomic mass is 9.95. The molecule has 1 heteroatoms. The molecule has 1 nitrogen and oxygen atoms in total. The Morgan fingerprint density at radius 3 is 2.67 bits per heavy atom. The maximum Gasteiger partial charge on any atom is 0.0540 e. The van der Waals surface area contributed by atoms with Crippen molar-refractivity contribution in [2.24, 2.45) is 5.92 Å². The average molecular weight is 204 g/mol. The van der Waals surface area contributed by atoms with Gasteiger partial charge in [0.25, 0.3) is 0 Å². The minimum atomic E-state index is -0.210. The molecular weight excluding hydrogens is 184 g/mol. The third-order valence-electron chi connectivity index (χ3n) is 3.54. The smallest absolute Gasteiger partial charge is 0.0540 e. The van der Waals surface area contributed by atoms with Gasteiger partial charge in [-0.15, -0.1) is 0 Å². The van der Waals surface area contributed by atoms with E-state index in [1.165, 1.54) is 36.0 Å². The summed E-state index contributed by atoms with van der Waals surface area (Å²) in [5.41, 5.74) is 4.44. The number of benzene rings is 1. The van der Waals surface area contributed by atoms with E-state index in [1.54, 1.807) is 0 Å². The molecule has 0 spiro atoms. The highest BCUT2D eigenvalue weighted by Gasteiger charge is 2.13. The number of aryl methyl sites for hydroxylation is 2. The molecule has 0 aromatic heterocycles. The summed E-state index contributed by atoms with van der Waals surface area (Å²) in [7, 11) is 0. The Hall–Kier alpha value is -0.820. The summed E-state index contributed by atoms with van der Waals surface area (Å²) >= 11 is 0. The van der Waals surface area contributed by atoms with E-state index in [0.717, 1.165) is 6.42 Å². The summed E-state index contributed by atoms with van der Waals surface area (Å²) in [6, 6.07) is 6.83. The van der Waals surface area contributed by atoms with Crippen LogP contribution in [0.2, 0.25) is 0 Å². The van der Waals surface area contributed by atoms with Gasteiger partial charge >= 0.3 is 0 Å². The normalized spacial score (nSPS) is 18.6. The van der Waals surface area contributed by atoms with E-state index in [4.69, 9.17) is 0 Å². The van der Waals surface area contributed by atoms with E-state index >= 15 is 0 Å². The fraction of sp³-hybridized carbons (Fsp3) is 0.571. The van der Waals surface area contributed by atoms with Gasteiger partial charge in [0.15, 0.2) is 0 Å². The highest BCUT2D eigenvalue weighted by molar-refractivity contribution is 5.35. The summed E-state index contributed by atoms with van der Waals surface area (Å²) in [6.45, 7) is 3.98. The molecule has 0 heterocycles. The molecule has 2 atom stereocenters. The molecule has 0 amide bonds. The summed E-state index contributed by atoms with van der Waals surface area (Å²) in [5.74, 6) is 0.351. The van der Waals surface area contributed by atoms with Gasteiger partial charge < -0.3 is 5.11 Å². The molecule has 1 N–H and O–H groups in total. The second-order valence-corrected chi connectivity index (χ2v) is 4.88. The lowest BCUT2D eigenvalue weighted by Crippen LogP contribution is -2.15. The zero-order chi connectivity index (χ0) is 10.8. The van der Waals surface area contributed by atoms with E-state index in [2.05, 4.69) is 25.1 Å². The first-order valence-electron chi connectivity index (χ1n) is 5.95. The lowest BCUT2D eigenvalue weighted by Gasteiger charge is -2.15. The van der Waals surface area contributed by atoms with E-state index in [0.29, 0.717) is 5.92 Å². The van der Waals surface area contributed by atoms with E-state index in [-0.39, 0.29) is 6.10 Å². The minimum Gasteiger partial charge on any atom is -0.393 e. The van der Waals surface area contributed by atoms with Crippen molar-refractivity contribution in [1.82, 2.24) is 0 Å². The quantitative estimate of drug-likeness (QED) is 0.802. The lowest BCUT2D eigenvalue weighted by molar-refractivity contribution is 0.135. The van der Waals surface area contributed by atoms with Crippen LogP contribution in [-0.2, 0) is 19.3 Å². The molecule has 82 valence electrons. The molecule has 2 rings (SSSR count). The van der Waals surface area contributed by atoms with Gasteiger partial charge in [0, 0.05) is 0 Å².